The van der Waals surface area contributed by atoms with E-state index < -0.39 is 53.7 Å². The molecule has 288 valence electrons. The molecule has 1 aromatic heterocycles. The number of aryl methyl sites for hydroxylation is 1. The number of hydrogen-bond donors (Lipinski definition) is 5. The highest BCUT2D eigenvalue weighted by Gasteiger charge is 2.43. The van der Waals surface area contributed by atoms with Gasteiger partial charge in [-0.2, -0.15) is 8.62 Å². The van der Waals surface area contributed by atoms with E-state index in [-0.39, 0.29) is 24.5 Å². The molecule has 0 saturated heterocycles. The van der Waals surface area contributed by atoms with Gasteiger partial charge >= 0.3 is 29.2 Å². The fourth-order valence-electron chi connectivity index (χ4n) is 4.92. The number of aromatic amines is 1. The molecule has 0 radical (unpaired) electrons. The molecule has 1 aliphatic heterocycles. The molecule has 3 unspecified atom stereocenters. The summed E-state index contributed by atoms with van der Waals surface area (Å²) in [6, 6.07) is 0. The van der Waals surface area contributed by atoms with E-state index in [1.54, 1.807) is 0 Å². The summed E-state index contributed by atoms with van der Waals surface area (Å²) in [7, 11) is -14.4. The van der Waals surface area contributed by atoms with Crippen molar-refractivity contribution in [3.63, 3.8) is 0 Å². The second-order valence-corrected chi connectivity index (χ2v) is 16.5. The molecule has 0 aliphatic carbocycles. The maximum atomic E-state index is 12.7. The Labute approximate surface area is 289 Å². The Hall–Kier alpha value is -1.29. The lowest BCUT2D eigenvalue weighted by Crippen LogP contribution is -2.33. The molecule has 49 heavy (non-hydrogen) atoms. The summed E-state index contributed by atoms with van der Waals surface area (Å²) >= 11 is 0. The zero-order valence-electron chi connectivity index (χ0n) is 29.2. The van der Waals surface area contributed by atoms with Gasteiger partial charge in [0, 0.05) is 18.9 Å². The Balaban J connectivity index is 0.0000115. The minimum Gasteiger partial charge on any atom is -0.344 e. The third-order valence-corrected chi connectivity index (χ3v) is 12.2. The summed E-state index contributed by atoms with van der Waals surface area (Å²) < 4.78 is 67.2. The van der Waals surface area contributed by atoms with Crippen molar-refractivity contribution < 1.29 is 50.4 Å². The van der Waals surface area contributed by atoms with Crippen molar-refractivity contribution in [2.24, 2.45) is 0 Å². The molecule has 5 atom stereocenters. The number of phosphoric acid groups is 3. The molecular weight excluding hydrogens is 705 g/mol. The molecule has 0 amide bonds. The van der Waals surface area contributed by atoms with Crippen LogP contribution in [0.1, 0.15) is 121 Å². The summed E-state index contributed by atoms with van der Waals surface area (Å²) in [4.78, 5) is 45.7. The molecule has 1 aromatic rings. The third-order valence-electron chi connectivity index (χ3n) is 7.51. The molecule has 9 N–H and O–H groups in total. The molecule has 2 rings (SSSR count). The maximum Gasteiger partial charge on any atom is 0.490 e. The summed E-state index contributed by atoms with van der Waals surface area (Å²) in [5, 5.41) is 0. The van der Waals surface area contributed by atoms with Crippen LogP contribution in [0.3, 0.4) is 0 Å². The van der Waals surface area contributed by atoms with Crippen molar-refractivity contribution in [2.75, 3.05) is 20.3 Å². The predicted molar refractivity (Wildman–Crippen MR) is 187 cm³/mol. The molecule has 1 aliphatic rings. The van der Waals surface area contributed by atoms with Crippen LogP contribution in [0.15, 0.2) is 27.9 Å². The van der Waals surface area contributed by atoms with E-state index in [1.165, 1.54) is 95.9 Å². The van der Waals surface area contributed by atoms with E-state index in [1.807, 2.05) is 0 Å². The second-order valence-electron chi connectivity index (χ2n) is 11.6. The van der Waals surface area contributed by atoms with Crippen LogP contribution in [0.5, 0.6) is 0 Å². The average Bonchev–Trinajstić information content (AvgIpc) is 3.47. The molecule has 0 saturated carbocycles. The van der Waals surface area contributed by atoms with Crippen LogP contribution in [-0.4, -0.2) is 45.8 Å². The Bertz CT molecular complexity index is 1360. The van der Waals surface area contributed by atoms with Gasteiger partial charge in [0.25, 0.3) is 5.56 Å². The molecule has 0 fully saturated rings. The van der Waals surface area contributed by atoms with Gasteiger partial charge in [0.15, 0.2) is 6.23 Å². The summed E-state index contributed by atoms with van der Waals surface area (Å²) in [6.45, 7) is 3.01. The zero-order chi connectivity index (χ0) is 34.8. The summed E-state index contributed by atoms with van der Waals surface area (Å²) in [6.07, 6.45) is 21.1. The largest absolute Gasteiger partial charge is 0.490 e. The number of nitrogens with one attached hydrogen (secondary N) is 1. The van der Waals surface area contributed by atoms with Crippen molar-refractivity contribution in [3.05, 3.63) is 44.8 Å². The number of H-pyrrole nitrogens is 1. The van der Waals surface area contributed by atoms with E-state index in [0.717, 1.165) is 37.4 Å². The smallest absolute Gasteiger partial charge is 0.344 e. The molecule has 0 bridgehead atoms. The first kappa shape index (κ1) is 47.7. The lowest BCUT2D eigenvalue weighted by molar-refractivity contribution is -0.0105. The van der Waals surface area contributed by atoms with Crippen molar-refractivity contribution in [3.8, 4) is 0 Å². The quantitative estimate of drug-likeness (QED) is 0.0323. The molecule has 17 nitrogen and oxygen atoms in total. The minimum absolute atomic E-state index is 0. The SMILES string of the molecule is CCCCCCCCCCCCCCCCCCOP(=O)(OC)OP(=O)(O)OP(=O)(O)OC[C@@H]1C=C[C@H](n2cc(C)c(=O)[nH]c2=O)O1.N.N. The summed E-state index contributed by atoms with van der Waals surface area (Å²) in [5.41, 5.74) is -1.02. The van der Waals surface area contributed by atoms with E-state index in [2.05, 4.69) is 25.1 Å². The third kappa shape index (κ3) is 19.8. The zero-order valence-corrected chi connectivity index (χ0v) is 31.9. The van der Waals surface area contributed by atoms with Crippen LogP contribution >= 0.6 is 23.5 Å². The fraction of sp³-hybridized carbons (Fsp3) is 0.793. The van der Waals surface area contributed by atoms with Gasteiger partial charge in [0.2, 0.25) is 0 Å². The highest BCUT2D eigenvalue weighted by molar-refractivity contribution is 7.67. The summed E-state index contributed by atoms with van der Waals surface area (Å²) in [5.74, 6) is 0. The number of aromatic nitrogens is 2. The van der Waals surface area contributed by atoms with Crippen molar-refractivity contribution in [1.29, 1.82) is 0 Å². The number of rotatable bonds is 27. The normalized spacial score (nSPS) is 19.4. The first-order valence-corrected chi connectivity index (χ1v) is 20.9. The van der Waals surface area contributed by atoms with Crippen LogP contribution in [0.25, 0.3) is 0 Å². The number of unbranched alkanes of at least 4 members (excludes halogenated alkanes) is 15. The molecule has 0 spiro atoms. The highest BCUT2D eigenvalue weighted by Crippen LogP contribution is 2.69. The van der Waals surface area contributed by atoms with Gasteiger partial charge in [-0.1, -0.05) is 109 Å². The van der Waals surface area contributed by atoms with E-state index >= 15 is 0 Å². The lowest BCUT2D eigenvalue weighted by Gasteiger charge is -2.21. The number of ether oxygens (including phenoxy) is 1. The minimum atomic E-state index is -5.47. The standard InChI is InChI=1S/C29H53N2O13P3.2H3N/c1-4-5-6-7-8-9-10-11-12-13-14-15-16-17-18-19-22-40-47(38,39-3)44-46(36,37)43-45(34,35)41-24-26-20-21-27(42-26)31-23-25(2)28(32)30-29(31)33;;/h20-21,23,26-27H,4-19,22,24H2,1-3H3,(H,34,35)(H,36,37)(H,30,32,33);2*1H3/t26-,27+,47?;;/m0../s1. The monoisotopic (exact) mass is 764 g/mol. The second kappa shape index (κ2) is 24.8. The van der Waals surface area contributed by atoms with E-state index in [0.29, 0.717) is 6.42 Å². The Morgan fingerprint density at radius 2 is 1.29 bits per heavy atom. The molecule has 2 heterocycles. The van der Waals surface area contributed by atoms with Crippen LogP contribution in [0, 0.1) is 6.92 Å². The van der Waals surface area contributed by atoms with Gasteiger partial charge in [0.1, 0.15) is 6.10 Å². The Morgan fingerprint density at radius 3 is 1.80 bits per heavy atom. The van der Waals surface area contributed by atoms with Crippen LogP contribution in [-0.2, 0) is 40.6 Å². The van der Waals surface area contributed by atoms with Gasteiger partial charge in [-0.05, 0) is 19.4 Å². The average molecular weight is 765 g/mol. The molecular formula is C29H59N4O13P3. The van der Waals surface area contributed by atoms with Crippen molar-refractivity contribution in [2.45, 2.75) is 129 Å². The van der Waals surface area contributed by atoms with E-state index in [4.69, 9.17) is 13.8 Å². The predicted octanol–water partition coefficient (Wildman–Crippen LogP) is 7.91. The topological polar surface area (TPSA) is 272 Å². The van der Waals surface area contributed by atoms with Crippen LogP contribution in [0.2, 0.25) is 0 Å². The van der Waals surface area contributed by atoms with Crippen LogP contribution < -0.4 is 23.6 Å². The van der Waals surface area contributed by atoms with Gasteiger partial charge in [0.05, 0.1) is 13.2 Å². The molecule has 0 aromatic carbocycles. The Morgan fingerprint density at radius 1 is 0.776 bits per heavy atom. The number of nitrogens with zero attached hydrogens (tertiary/aromatic N) is 1. The number of hydrogen-bond acceptors (Lipinski definition) is 13. The molecule has 20 heteroatoms. The first-order chi connectivity index (χ1) is 22.3. The number of phosphoric ester groups is 2. The first-order valence-electron chi connectivity index (χ1n) is 16.5. The van der Waals surface area contributed by atoms with Gasteiger partial charge in [-0.15, -0.1) is 0 Å². The van der Waals surface area contributed by atoms with Gasteiger partial charge < -0.3 is 26.8 Å². The van der Waals surface area contributed by atoms with Crippen LogP contribution in [0.4, 0.5) is 0 Å². The van der Waals surface area contributed by atoms with Gasteiger partial charge in [-0.3, -0.25) is 27.9 Å². The fourth-order valence-corrected chi connectivity index (χ4v) is 8.79. The van der Waals surface area contributed by atoms with Crippen molar-refractivity contribution in [1.82, 2.24) is 21.9 Å². The van der Waals surface area contributed by atoms with E-state index in [9.17, 15) is 33.1 Å². The lowest BCUT2D eigenvalue weighted by atomic mass is 10.0. The van der Waals surface area contributed by atoms with Gasteiger partial charge in [-0.25, -0.2) is 18.5 Å². The maximum absolute atomic E-state index is 12.7. The van der Waals surface area contributed by atoms with Crippen molar-refractivity contribution >= 4 is 23.5 Å². The highest BCUT2D eigenvalue weighted by atomic mass is 31.3. The Kier molecular flexibility index (Phi) is 24.2.